The normalized spacial score (nSPS) is 15.7. The fraction of sp³-hybridized carbons (Fsp3) is 0.500. The highest BCUT2D eigenvalue weighted by Gasteiger charge is 2.34. The summed E-state index contributed by atoms with van der Waals surface area (Å²) in [6.07, 6.45) is 3.42. The van der Waals surface area contributed by atoms with Crippen LogP contribution in [0.1, 0.15) is 42.5 Å². The number of benzene rings is 1. The molecule has 0 aromatic heterocycles. The molecule has 5 nitrogen and oxygen atoms in total. The molecular formula is C16H21ClN2O3. The zero-order chi connectivity index (χ0) is 16.0. The van der Waals surface area contributed by atoms with Crippen LogP contribution in [0.3, 0.4) is 0 Å². The Kier molecular flexibility index (Phi) is 5.80. The van der Waals surface area contributed by atoms with Gasteiger partial charge in [0.1, 0.15) is 0 Å². The maximum absolute atomic E-state index is 11.8. The zero-order valence-corrected chi connectivity index (χ0v) is 13.2. The van der Waals surface area contributed by atoms with Crippen LogP contribution in [0.25, 0.3) is 0 Å². The summed E-state index contributed by atoms with van der Waals surface area (Å²) in [5.41, 5.74) is -0.153. The molecule has 0 spiro atoms. The van der Waals surface area contributed by atoms with Crippen molar-refractivity contribution in [2.45, 2.75) is 37.7 Å². The van der Waals surface area contributed by atoms with Gasteiger partial charge < -0.3 is 15.7 Å². The topological polar surface area (TPSA) is 78.4 Å². The van der Waals surface area contributed by atoms with E-state index in [0.717, 1.165) is 19.3 Å². The maximum Gasteiger partial charge on any atom is 0.251 e. The molecule has 0 unspecified atom stereocenters. The molecule has 1 saturated carbocycles. The molecule has 0 heterocycles. The lowest BCUT2D eigenvalue weighted by Crippen LogP contribution is -2.47. The summed E-state index contributed by atoms with van der Waals surface area (Å²) < 4.78 is 0. The second kappa shape index (κ2) is 7.61. The third kappa shape index (κ3) is 5.00. The summed E-state index contributed by atoms with van der Waals surface area (Å²) in [5, 5.41) is 15.9. The van der Waals surface area contributed by atoms with Gasteiger partial charge >= 0.3 is 0 Å². The highest BCUT2D eigenvalue weighted by atomic mass is 35.5. The number of aliphatic hydroxyl groups is 1. The van der Waals surface area contributed by atoms with E-state index in [-0.39, 0.29) is 11.8 Å². The van der Waals surface area contributed by atoms with Gasteiger partial charge in [0.2, 0.25) is 5.91 Å². The van der Waals surface area contributed by atoms with Crippen molar-refractivity contribution in [1.82, 2.24) is 10.6 Å². The van der Waals surface area contributed by atoms with E-state index in [1.807, 2.05) is 0 Å². The van der Waals surface area contributed by atoms with E-state index in [9.17, 15) is 14.7 Å². The molecule has 0 atom stereocenters. The second-order valence-corrected chi connectivity index (χ2v) is 6.16. The van der Waals surface area contributed by atoms with E-state index in [1.54, 1.807) is 24.3 Å². The van der Waals surface area contributed by atoms with Crippen molar-refractivity contribution >= 4 is 23.4 Å². The van der Waals surface area contributed by atoms with Crippen LogP contribution >= 0.6 is 11.6 Å². The molecular weight excluding hydrogens is 304 g/mol. The summed E-state index contributed by atoms with van der Waals surface area (Å²) in [6, 6.07) is 6.64. The molecule has 1 aromatic carbocycles. The average Bonchev–Trinajstić information content (AvgIpc) is 2.48. The third-order valence-corrected chi connectivity index (χ3v) is 4.12. The van der Waals surface area contributed by atoms with Crippen LogP contribution in [0.15, 0.2) is 24.3 Å². The first-order chi connectivity index (χ1) is 10.5. The quantitative estimate of drug-likeness (QED) is 0.670. The average molecular weight is 325 g/mol. The number of hydrogen-bond acceptors (Lipinski definition) is 3. The molecule has 0 radical (unpaired) electrons. The van der Waals surface area contributed by atoms with Gasteiger partial charge in [-0.25, -0.2) is 0 Å². The predicted octanol–water partition coefficient (Wildman–Crippen LogP) is 1.88. The first-order valence-electron chi connectivity index (χ1n) is 7.51. The van der Waals surface area contributed by atoms with Crippen molar-refractivity contribution in [3.8, 4) is 0 Å². The summed E-state index contributed by atoms with van der Waals surface area (Å²) in [5.74, 6) is -0.276. The van der Waals surface area contributed by atoms with Crippen LogP contribution in [0.5, 0.6) is 0 Å². The van der Waals surface area contributed by atoms with Crippen LogP contribution in [0.2, 0.25) is 5.02 Å². The van der Waals surface area contributed by atoms with E-state index in [2.05, 4.69) is 10.6 Å². The van der Waals surface area contributed by atoms with Crippen molar-refractivity contribution in [2.24, 2.45) is 0 Å². The highest BCUT2D eigenvalue weighted by molar-refractivity contribution is 6.30. The number of rotatable bonds is 7. The molecule has 0 aliphatic heterocycles. The fourth-order valence-electron chi connectivity index (χ4n) is 2.27. The largest absolute Gasteiger partial charge is 0.388 e. The molecule has 2 amide bonds. The Bertz CT molecular complexity index is 527. The van der Waals surface area contributed by atoms with Gasteiger partial charge in [-0.05, 0) is 49.9 Å². The number of amides is 2. The molecule has 120 valence electrons. The molecule has 6 heteroatoms. The molecule has 1 aliphatic carbocycles. The summed E-state index contributed by atoms with van der Waals surface area (Å²) in [7, 11) is 0. The maximum atomic E-state index is 11.8. The lowest BCUT2D eigenvalue weighted by Gasteiger charge is -2.36. The van der Waals surface area contributed by atoms with Crippen LogP contribution in [-0.4, -0.2) is 35.6 Å². The van der Waals surface area contributed by atoms with E-state index in [0.29, 0.717) is 36.5 Å². The number of halogens is 1. The Balaban J connectivity index is 1.59. The smallest absolute Gasteiger partial charge is 0.251 e. The summed E-state index contributed by atoms with van der Waals surface area (Å²) in [4.78, 5) is 23.4. The van der Waals surface area contributed by atoms with Crippen LogP contribution in [-0.2, 0) is 4.79 Å². The van der Waals surface area contributed by atoms with Gasteiger partial charge in [0.05, 0.1) is 5.60 Å². The number of hydrogen-bond donors (Lipinski definition) is 3. The van der Waals surface area contributed by atoms with E-state index < -0.39 is 5.60 Å². The molecule has 0 saturated heterocycles. The number of nitrogens with one attached hydrogen (secondary N) is 2. The SMILES string of the molecule is O=C(CCCNC(=O)c1ccc(Cl)cc1)NCC1(O)CCC1. The lowest BCUT2D eigenvalue weighted by molar-refractivity contribution is -0.123. The van der Waals surface area contributed by atoms with Gasteiger partial charge in [0.25, 0.3) is 5.91 Å². The first kappa shape index (κ1) is 16.8. The Morgan fingerprint density at radius 2 is 1.86 bits per heavy atom. The minimum Gasteiger partial charge on any atom is -0.388 e. The van der Waals surface area contributed by atoms with Gasteiger partial charge in [-0.2, -0.15) is 0 Å². The van der Waals surface area contributed by atoms with E-state index >= 15 is 0 Å². The van der Waals surface area contributed by atoms with Crippen LogP contribution in [0.4, 0.5) is 0 Å². The number of carbonyl (C=O) groups is 2. The lowest BCUT2D eigenvalue weighted by atomic mass is 9.80. The molecule has 1 aromatic rings. The summed E-state index contributed by atoms with van der Waals surface area (Å²) >= 11 is 5.76. The Morgan fingerprint density at radius 3 is 2.45 bits per heavy atom. The molecule has 1 aliphatic rings. The molecule has 3 N–H and O–H groups in total. The monoisotopic (exact) mass is 324 g/mol. The predicted molar refractivity (Wildman–Crippen MR) is 84.8 cm³/mol. The molecule has 22 heavy (non-hydrogen) atoms. The minimum atomic E-state index is -0.696. The number of carbonyl (C=O) groups excluding carboxylic acids is 2. The second-order valence-electron chi connectivity index (χ2n) is 5.72. The zero-order valence-electron chi connectivity index (χ0n) is 12.4. The molecule has 1 fully saturated rings. The first-order valence-corrected chi connectivity index (χ1v) is 7.89. The highest BCUT2D eigenvalue weighted by Crippen LogP contribution is 2.30. The van der Waals surface area contributed by atoms with Gasteiger partial charge in [-0.15, -0.1) is 0 Å². The van der Waals surface area contributed by atoms with Crippen molar-refractivity contribution in [1.29, 1.82) is 0 Å². The summed E-state index contributed by atoms with van der Waals surface area (Å²) in [6.45, 7) is 0.752. The van der Waals surface area contributed by atoms with E-state index in [4.69, 9.17) is 11.6 Å². The Morgan fingerprint density at radius 1 is 1.18 bits per heavy atom. The fourth-order valence-corrected chi connectivity index (χ4v) is 2.39. The van der Waals surface area contributed by atoms with Crippen molar-refractivity contribution < 1.29 is 14.7 Å². The standard InChI is InChI=1S/C16H21ClN2O3/c17-13-6-4-12(5-7-13)15(21)18-10-1-3-14(20)19-11-16(22)8-2-9-16/h4-7,22H,1-3,8-11H2,(H,18,21)(H,19,20). The van der Waals surface area contributed by atoms with Gasteiger partial charge in [0.15, 0.2) is 0 Å². The van der Waals surface area contributed by atoms with Gasteiger partial charge in [0, 0.05) is 30.1 Å². The van der Waals surface area contributed by atoms with Crippen molar-refractivity contribution in [3.63, 3.8) is 0 Å². The van der Waals surface area contributed by atoms with Crippen LogP contribution < -0.4 is 10.6 Å². The van der Waals surface area contributed by atoms with Crippen molar-refractivity contribution in [3.05, 3.63) is 34.9 Å². The molecule has 0 bridgehead atoms. The van der Waals surface area contributed by atoms with Gasteiger partial charge in [-0.1, -0.05) is 11.6 Å². The van der Waals surface area contributed by atoms with Gasteiger partial charge in [-0.3, -0.25) is 9.59 Å². The van der Waals surface area contributed by atoms with Crippen LogP contribution in [0, 0.1) is 0 Å². The minimum absolute atomic E-state index is 0.0962. The third-order valence-electron chi connectivity index (χ3n) is 3.87. The Labute approximate surface area is 135 Å². The Hall–Kier alpha value is -1.59. The van der Waals surface area contributed by atoms with E-state index in [1.165, 1.54) is 0 Å². The molecule has 2 rings (SSSR count). The van der Waals surface area contributed by atoms with Crippen molar-refractivity contribution in [2.75, 3.05) is 13.1 Å².